The second-order valence-corrected chi connectivity index (χ2v) is 14.7. The van der Waals surface area contributed by atoms with E-state index >= 15 is 8.78 Å². The number of hydrogen-bond donors (Lipinski definition) is 2. The number of alkyl halides is 1. The number of fused-ring (bicyclic) bond motifs is 7. The number of ether oxygens (including phenoxy) is 1. The Morgan fingerprint density at radius 2 is 1.93 bits per heavy atom. The molecule has 2 bridgehead atoms. The Kier molecular flexibility index (Phi) is 6.35. The van der Waals surface area contributed by atoms with Gasteiger partial charge in [0.25, 0.3) is 0 Å². The molecule has 45 heavy (non-hydrogen) atoms. The van der Waals surface area contributed by atoms with Crippen molar-refractivity contribution in [1.82, 2.24) is 25.2 Å². The Balaban J connectivity index is 1.15. The van der Waals surface area contributed by atoms with Crippen LogP contribution in [0.5, 0.6) is 11.8 Å². The standard InChI is InChI=1S/C34H35BrF2N6O2/c35-25-5-1-4-19-12-22(44)13-23(27(19)25)29-28(36)30-24(14-38-29)31(42-15-20-7-8-21(16-42)39-20)41-32(40-30)45-18-33-9-3-11-43(33)26-6-2-10-34(26,37)17-33/h1,4-5,12-14,20-21,26,39,44H,2-3,6-11,15-18H2/t20?,21?,26-,33+,34+/m0/s1. The van der Waals surface area contributed by atoms with Gasteiger partial charge >= 0.3 is 6.01 Å². The molecule has 2 aromatic carbocycles. The molecule has 5 aliphatic rings. The number of hydrogen-bond acceptors (Lipinski definition) is 8. The van der Waals surface area contributed by atoms with E-state index in [0.717, 1.165) is 73.4 Å². The van der Waals surface area contributed by atoms with Crippen LogP contribution >= 0.6 is 15.9 Å². The van der Waals surface area contributed by atoms with E-state index in [1.165, 1.54) is 6.07 Å². The lowest BCUT2D eigenvalue weighted by Crippen LogP contribution is -2.51. The average molecular weight is 678 g/mol. The maximum atomic E-state index is 16.8. The third-order valence-electron chi connectivity index (χ3n) is 11.1. The quantitative estimate of drug-likeness (QED) is 0.256. The van der Waals surface area contributed by atoms with Crippen LogP contribution in [0.3, 0.4) is 0 Å². The summed E-state index contributed by atoms with van der Waals surface area (Å²) >= 11 is 3.61. The molecule has 4 aromatic rings. The molecule has 2 aromatic heterocycles. The normalized spacial score (nSPS) is 30.8. The van der Waals surface area contributed by atoms with Gasteiger partial charge in [-0.2, -0.15) is 9.97 Å². The summed E-state index contributed by atoms with van der Waals surface area (Å²) in [6.45, 7) is 2.65. The lowest BCUT2D eigenvalue weighted by molar-refractivity contribution is 0.0811. The molecule has 0 radical (unpaired) electrons. The molecule has 5 atom stereocenters. The topological polar surface area (TPSA) is 86.6 Å². The Labute approximate surface area is 268 Å². The number of nitrogens with one attached hydrogen (secondary N) is 1. The van der Waals surface area contributed by atoms with E-state index in [-0.39, 0.29) is 41.2 Å². The molecule has 5 fully saturated rings. The van der Waals surface area contributed by atoms with Gasteiger partial charge in [0, 0.05) is 59.3 Å². The summed E-state index contributed by atoms with van der Waals surface area (Å²) in [5.74, 6) is 0.0350. The second-order valence-electron chi connectivity index (χ2n) is 13.8. The number of piperazine rings is 1. The number of phenols is 1. The predicted molar refractivity (Wildman–Crippen MR) is 172 cm³/mol. The van der Waals surface area contributed by atoms with E-state index in [9.17, 15) is 5.11 Å². The number of halogens is 3. The smallest absolute Gasteiger partial charge is 0.319 e. The van der Waals surface area contributed by atoms with Crippen LogP contribution in [0.2, 0.25) is 0 Å². The molecule has 0 amide bonds. The number of pyridine rings is 1. The summed E-state index contributed by atoms with van der Waals surface area (Å²) in [7, 11) is 0. The first-order chi connectivity index (χ1) is 21.8. The highest BCUT2D eigenvalue weighted by molar-refractivity contribution is 9.10. The summed E-state index contributed by atoms with van der Waals surface area (Å²) < 4.78 is 40.0. The van der Waals surface area contributed by atoms with Gasteiger partial charge in [-0.1, -0.05) is 28.1 Å². The zero-order valence-corrected chi connectivity index (χ0v) is 26.5. The van der Waals surface area contributed by atoms with E-state index in [2.05, 4.69) is 41.0 Å². The van der Waals surface area contributed by atoms with Crippen molar-refractivity contribution < 1.29 is 18.6 Å². The van der Waals surface area contributed by atoms with Crippen LogP contribution in [0.4, 0.5) is 14.6 Å². The van der Waals surface area contributed by atoms with Crippen LogP contribution < -0.4 is 15.0 Å². The van der Waals surface area contributed by atoms with Crippen LogP contribution in [0.25, 0.3) is 32.9 Å². The second kappa shape index (κ2) is 10.2. The van der Waals surface area contributed by atoms with Crippen LogP contribution in [0.15, 0.2) is 41.0 Å². The molecular formula is C34H35BrF2N6O2. The van der Waals surface area contributed by atoms with Crippen molar-refractivity contribution in [1.29, 1.82) is 0 Å². The van der Waals surface area contributed by atoms with Gasteiger partial charge in [0.05, 0.1) is 10.9 Å². The van der Waals surface area contributed by atoms with Crippen molar-refractivity contribution in [3.8, 4) is 23.0 Å². The van der Waals surface area contributed by atoms with Crippen molar-refractivity contribution in [2.75, 3.05) is 31.1 Å². The summed E-state index contributed by atoms with van der Waals surface area (Å²) in [5, 5.41) is 16.2. The first kappa shape index (κ1) is 28.1. The lowest BCUT2D eigenvalue weighted by Gasteiger charge is -2.35. The Morgan fingerprint density at radius 3 is 2.78 bits per heavy atom. The minimum absolute atomic E-state index is 0.0212. The average Bonchev–Trinajstić information content (AvgIpc) is 3.74. The fraction of sp³-hybridized carbons (Fsp3) is 0.500. The number of aromatic hydroxyl groups is 1. The third kappa shape index (κ3) is 4.36. The molecule has 2 N–H and O–H groups in total. The Morgan fingerprint density at radius 1 is 1.09 bits per heavy atom. The molecular weight excluding hydrogens is 642 g/mol. The predicted octanol–water partition coefficient (Wildman–Crippen LogP) is 6.27. The minimum atomic E-state index is -1.16. The van der Waals surface area contributed by atoms with E-state index < -0.39 is 11.5 Å². The number of rotatable bonds is 5. The van der Waals surface area contributed by atoms with E-state index in [0.29, 0.717) is 41.7 Å². The Bertz CT molecular complexity index is 1850. The molecule has 6 heterocycles. The van der Waals surface area contributed by atoms with Crippen molar-refractivity contribution >= 4 is 43.4 Å². The van der Waals surface area contributed by atoms with Gasteiger partial charge in [-0.05, 0) is 75.1 Å². The maximum Gasteiger partial charge on any atom is 0.319 e. The first-order valence-electron chi connectivity index (χ1n) is 16.2. The van der Waals surface area contributed by atoms with Gasteiger partial charge in [0.15, 0.2) is 5.82 Å². The molecule has 234 valence electrons. The summed E-state index contributed by atoms with van der Waals surface area (Å²) in [4.78, 5) is 18.8. The maximum absolute atomic E-state index is 16.8. The molecule has 11 heteroatoms. The number of phenolic OH excluding ortho intramolecular Hbond substituents is 1. The SMILES string of the molecule is Oc1cc(-c2ncc3c(N4CC5CCC(C4)N5)nc(OC[C@]45CCCN4[C@H]4CCC[C@@]4(F)C5)nc3c2F)c2c(Br)cccc2c1. The van der Waals surface area contributed by atoms with Gasteiger partial charge in [-0.25, -0.2) is 8.78 Å². The highest BCUT2D eigenvalue weighted by Crippen LogP contribution is 2.55. The number of anilines is 1. The highest BCUT2D eigenvalue weighted by Gasteiger charge is 2.63. The van der Waals surface area contributed by atoms with Crippen LogP contribution in [0, 0.1) is 5.82 Å². The van der Waals surface area contributed by atoms with Gasteiger partial charge in [-0.3, -0.25) is 9.88 Å². The van der Waals surface area contributed by atoms with Gasteiger partial charge in [0.1, 0.15) is 35.1 Å². The van der Waals surface area contributed by atoms with E-state index in [1.54, 1.807) is 12.3 Å². The zero-order chi connectivity index (χ0) is 30.5. The number of nitrogens with zero attached hydrogens (tertiary/aromatic N) is 5. The van der Waals surface area contributed by atoms with Crippen molar-refractivity contribution in [3.63, 3.8) is 0 Å². The molecule has 0 spiro atoms. The Hall–Kier alpha value is -3.15. The molecule has 1 aliphatic carbocycles. The van der Waals surface area contributed by atoms with Crippen molar-refractivity contribution in [2.45, 2.75) is 80.7 Å². The number of aromatic nitrogens is 3. The number of benzene rings is 2. The van der Waals surface area contributed by atoms with Gasteiger partial charge < -0.3 is 20.1 Å². The van der Waals surface area contributed by atoms with Crippen LogP contribution in [-0.4, -0.2) is 80.5 Å². The van der Waals surface area contributed by atoms with Crippen LogP contribution in [-0.2, 0) is 0 Å². The molecule has 1 saturated carbocycles. The fourth-order valence-electron chi connectivity index (χ4n) is 9.28. The van der Waals surface area contributed by atoms with Gasteiger partial charge in [0.2, 0.25) is 0 Å². The van der Waals surface area contributed by atoms with Crippen molar-refractivity contribution in [3.05, 3.63) is 46.8 Å². The first-order valence-corrected chi connectivity index (χ1v) is 17.0. The van der Waals surface area contributed by atoms with E-state index in [1.807, 2.05) is 18.2 Å². The minimum Gasteiger partial charge on any atom is -0.508 e. The summed E-state index contributed by atoms with van der Waals surface area (Å²) in [6.07, 6.45) is 8.61. The summed E-state index contributed by atoms with van der Waals surface area (Å²) in [5.41, 5.74) is -0.868. The zero-order valence-electron chi connectivity index (χ0n) is 24.9. The highest BCUT2D eigenvalue weighted by atomic mass is 79.9. The summed E-state index contributed by atoms with van der Waals surface area (Å²) in [6, 6.07) is 9.56. The largest absolute Gasteiger partial charge is 0.508 e. The van der Waals surface area contributed by atoms with Crippen LogP contribution in [0.1, 0.15) is 51.4 Å². The van der Waals surface area contributed by atoms with E-state index in [4.69, 9.17) is 9.72 Å². The molecule has 4 saturated heterocycles. The lowest BCUT2D eigenvalue weighted by atomic mass is 9.88. The molecule has 9 rings (SSSR count). The molecule has 8 nitrogen and oxygen atoms in total. The van der Waals surface area contributed by atoms with Gasteiger partial charge in [-0.15, -0.1) is 0 Å². The van der Waals surface area contributed by atoms with Crippen molar-refractivity contribution in [2.24, 2.45) is 0 Å². The monoisotopic (exact) mass is 676 g/mol. The molecule has 4 aliphatic heterocycles. The third-order valence-corrected chi connectivity index (χ3v) is 11.8. The fourth-order valence-corrected chi connectivity index (χ4v) is 9.88. The molecule has 2 unspecified atom stereocenters.